The number of fused-ring (bicyclic) bond motifs is 3. The molecule has 2 heterocycles. The van der Waals surface area contributed by atoms with Crippen LogP contribution in [0, 0.1) is 0 Å². The molecule has 1 saturated heterocycles. The molecule has 0 bridgehead atoms. The monoisotopic (exact) mass is 227 g/mol. The highest BCUT2D eigenvalue weighted by atomic mass is 16.7. The number of benzene rings is 1. The lowest BCUT2D eigenvalue weighted by molar-refractivity contribution is -0.120. The van der Waals surface area contributed by atoms with Crippen molar-refractivity contribution in [1.29, 1.82) is 0 Å². The topological polar surface area (TPSA) is 30.8 Å². The number of ether oxygens (including phenoxy) is 2. The predicted molar refractivity (Wildman–Crippen MR) is 65.4 cm³/mol. The lowest BCUT2D eigenvalue weighted by atomic mass is 9.90. The second kappa shape index (κ2) is 3.28. The third-order valence-corrected chi connectivity index (χ3v) is 3.61. The quantitative estimate of drug-likeness (QED) is 0.682. The Morgan fingerprint density at radius 1 is 1.12 bits per heavy atom. The molecule has 1 aromatic rings. The molecule has 0 unspecified atom stereocenters. The standard InChI is InChI=1S/C14H13NO2/c1-2-4-12-10(3-1)11-9-14(16-7-8-17-14)6-5-13(11)15-12/h1-4,9H,5-8H2. The maximum absolute atomic E-state index is 5.75. The SMILES string of the molecule is C1=C2C(=Nc3ccccc32)CCC12OCCO2. The van der Waals surface area contributed by atoms with Crippen LogP contribution in [0.5, 0.6) is 0 Å². The van der Waals surface area contributed by atoms with Gasteiger partial charge >= 0.3 is 0 Å². The second-order valence-corrected chi connectivity index (χ2v) is 4.64. The zero-order chi connectivity index (χ0) is 11.3. The molecule has 0 atom stereocenters. The summed E-state index contributed by atoms with van der Waals surface area (Å²) < 4.78 is 11.5. The summed E-state index contributed by atoms with van der Waals surface area (Å²) in [5, 5.41) is 0. The number of rotatable bonds is 0. The normalized spacial score (nSPS) is 24.2. The number of hydrogen-bond acceptors (Lipinski definition) is 3. The maximum atomic E-state index is 5.75. The molecule has 0 saturated carbocycles. The van der Waals surface area contributed by atoms with Crippen LogP contribution in [0.4, 0.5) is 5.69 Å². The fraction of sp³-hybridized carbons (Fsp3) is 0.357. The fourth-order valence-corrected chi connectivity index (χ4v) is 2.79. The molecule has 0 amide bonds. The van der Waals surface area contributed by atoms with Gasteiger partial charge < -0.3 is 9.47 Å². The summed E-state index contributed by atoms with van der Waals surface area (Å²) in [7, 11) is 0. The summed E-state index contributed by atoms with van der Waals surface area (Å²) in [6.07, 6.45) is 3.93. The summed E-state index contributed by atoms with van der Waals surface area (Å²) in [5.41, 5.74) is 4.66. The van der Waals surface area contributed by atoms with Gasteiger partial charge in [0.2, 0.25) is 0 Å². The van der Waals surface area contributed by atoms with Crippen LogP contribution in [0.1, 0.15) is 18.4 Å². The van der Waals surface area contributed by atoms with Crippen molar-refractivity contribution in [3.8, 4) is 0 Å². The lowest BCUT2D eigenvalue weighted by Gasteiger charge is -2.28. The van der Waals surface area contributed by atoms with Gasteiger partial charge in [-0.05, 0) is 18.6 Å². The zero-order valence-corrected chi connectivity index (χ0v) is 9.48. The Hall–Kier alpha value is -1.45. The number of aliphatic imine (C=N–C) groups is 1. The summed E-state index contributed by atoms with van der Waals surface area (Å²) in [5.74, 6) is -0.480. The Balaban J connectivity index is 1.86. The van der Waals surface area contributed by atoms with Crippen molar-refractivity contribution in [3.05, 3.63) is 35.9 Å². The van der Waals surface area contributed by atoms with Gasteiger partial charge in [-0.1, -0.05) is 18.2 Å². The van der Waals surface area contributed by atoms with Crippen LogP contribution in [-0.2, 0) is 9.47 Å². The highest BCUT2D eigenvalue weighted by Gasteiger charge is 2.40. The van der Waals surface area contributed by atoms with Gasteiger partial charge in [-0.2, -0.15) is 0 Å². The number of allylic oxidation sites excluding steroid dienone is 1. The van der Waals surface area contributed by atoms with E-state index in [1.54, 1.807) is 0 Å². The van der Waals surface area contributed by atoms with E-state index >= 15 is 0 Å². The van der Waals surface area contributed by atoms with Crippen molar-refractivity contribution in [2.75, 3.05) is 13.2 Å². The molecule has 3 aliphatic rings. The Labute approximate surface area is 99.8 Å². The molecule has 1 fully saturated rings. The van der Waals surface area contributed by atoms with Crippen molar-refractivity contribution < 1.29 is 9.47 Å². The molecular formula is C14H13NO2. The number of nitrogens with zero attached hydrogens (tertiary/aromatic N) is 1. The van der Waals surface area contributed by atoms with Gasteiger partial charge in [0.05, 0.1) is 18.9 Å². The molecule has 17 heavy (non-hydrogen) atoms. The molecule has 0 radical (unpaired) electrons. The first-order valence-corrected chi connectivity index (χ1v) is 6.04. The van der Waals surface area contributed by atoms with Crippen LogP contribution in [0.15, 0.2) is 35.3 Å². The average Bonchev–Trinajstić information content (AvgIpc) is 2.95. The van der Waals surface area contributed by atoms with Gasteiger partial charge in [0.15, 0.2) is 5.79 Å². The van der Waals surface area contributed by atoms with E-state index in [0.29, 0.717) is 13.2 Å². The van der Waals surface area contributed by atoms with E-state index in [4.69, 9.17) is 9.47 Å². The van der Waals surface area contributed by atoms with Crippen LogP contribution >= 0.6 is 0 Å². The van der Waals surface area contributed by atoms with E-state index in [-0.39, 0.29) is 0 Å². The Bertz CT molecular complexity index is 539. The summed E-state index contributed by atoms with van der Waals surface area (Å²) >= 11 is 0. The zero-order valence-electron chi connectivity index (χ0n) is 9.48. The largest absolute Gasteiger partial charge is 0.344 e. The summed E-state index contributed by atoms with van der Waals surface area (Å²) in [6, 6.07) is 8.26. The second-order valence-electron chi connectivity index (χ2n) is 4.64. The minimum atomic E-state index is -0.480. The van der Waals surface area contributed by atoms with Crippen LogP contribution in [0.2, 0.25) is 0 Å². The molecule has 1 aliphatic carbocycles. The van der Waals surface area contributed by atoms with Crippen LogP contribution < -0.4 is 0 Å². The van der Waals surface area contributed by atoms with Crippen molar-refractivity contribution in [2.24, 2.45) is 4.99 Å². The molecule has 3 nitrogen and oxygen atoms in total. The maximum Gasteiger partial charge on any atom is 0.189 e. The first-order chi connectivity index (χ1) is 8.36. The Morgan fingerprint density at radius 3 is 2.82 bits per heavy atom. The highest BCUT2D eigenvalue weighted by Crippen LogP contribution is 2.43. The van der Waals surface area contributed by atoms with E-state index in [1.165, 1.54) is 16.8 Å². The third-order valence-electron chi connectivity index (χ3n) is 3.61. The van der Waals surface area contributed by atoms with E-state index in [2.05, 4.69) is 29.3 Å². The summed E-state index contributed by atoms with van der Waals surface area (Å²) in [4.78, 5) is 4.67. The van der Waals surface area contributed by atoms with E-state index in [9.17, 15) is 0 Å². The fourth-order valence-electron chi connectivity index (χ4n) is 2.79. The van der Waals surface area contributed by atoms with Gasteiger partial charge in [-0.15, -0.1) is 0 Å². The van der Waals surface area contributed by atoms with Crippen molar-refractivity contribution >= 4 is 17.0 Å². The van der Waals surface area contributed by atoms with Crippen LogP contribution in [0.3, 0.4) is 0 Å². The lowest BCUT2D eigenvalue weighted by Crippen LogP contribution is -2.32. The van der Waals surface area contributed by atoms with E-state index in [1.807, 2.05) is 6.07 Å². The average molecular weight is 227 g/mol. The minimum Gasteiger partial charge on any atom is -0.344 e. The molecule has 4 rings (SSSR count). The molecule has 86 valence electrons. The molecule has 2 aliphatic heterocycles. The smallest absolute Gasteiger partial charge is 0.189 e. The third kappa shape index (κ3) is 1.33. The van der Waals surface area contributed by atoms with Gasteiger partial charge in [-0.3, -0.25) is 4.99 Å². The first-order valence-electron chi connectivity index (χ1n) is 6.04. The number of hydrogen-bond donors (Lipinski definition) is 0. The molecule has 3 heteroatoms. The van der Waals surface area contributed by atoms with Crippen LogP contribution in [0.25, 0.3) is 5.57 Å². The van der Waals surface area contributed by atoms with E-state index in [0.717, 1.165) is 18.5 Å². The van der Waals surface area contributed by atoms with Gasteiger partial charge in [0.1, 0.15) is 0 Å². The Kier molecular flexibility index (Phi) is 1.84. The van der Waals surface area contributed by atoms with Crippen molar-refractivity contribution in [1.82, 2.24) is 0 Å². The van der Waals surface area contributed by atoms with Gasteiger partial charge in [0.25, 0.3) is 0 Å². The first kappa shape index (κ1) is 9.57. The van der Waals surface area contributed by atoms with Crippen molar-refractivity contribution in [2.45, 2.75) is 18.6 Å². The molecule has 0 aromatic heterocycles. The molecular weight excluding hydrogens is 214 g/mol. The summed E-state index contributed by atoms with van der Waals surface area (Å²) in [6.45, 7) is 1.38. The molecule has 1 aromatic carbocycles. The minimum absolute atomic E-state index is 0.480. The molecule has 0 N–H and O–H groups in total. The van der Waals surface area contributed by atoms with Crippen LogP contribution in [-0.4, -0.2) is 24.7 Å². The predicted octanol–water partition coefficient (Wildman–Crippen LogP) is 2.69. The number of para-hydroxylation sites is 1. The molecule has 1 spiro atoms. The van der Waals surface area contributed by atoms with Crippen molar-refractivity contribution in [3.63, 3.8) is 0 Å². The Morgan fingerprint density at radius 2 is 1.94 bits per heavy atom. The highest BCUT2D eigenvalue weighted by molar-refractivity contribution is 6.29. The van der Waals surface area contributed by atoms with Gasteiger partial charge in [-0.25, -0.2) is 0 Å². The van der Waals surface area contributed by atoms with Gasteiger partial charge in [0, 0.05) is 23.3 Å². The van der Waals surface area contributed by atoms with E-state index < -0.39 is 5.79 Å².